The first kappa shape index (κ1) is 18.3. The highest BCUT2D eigenvalue weighted by atomic mass is 16.7. The lowest BCUT2D eigenvalue weighted by atomic mass is 9.95. The number of para-hydroxylation sites is 2. The standard InChI is InChI=1S/C25H20N2O3/c28-24-22-21(17-16-18-10-4-1-5-11-18)27(20-14-8-3-9-15-20)30-23(22)25(29)26(24)19-12-6-2-7-13-19/h1-17,21-23H/b17-16+/t21-,22-,23+/m0/s1. The fourth-order valence-electron chi connectivity index (χ4n) is 4.05. The van der Waals surface area contributed by atoms with Crippen LogP contribution in [0.5, 0.6) is 0 Å². The van der Waals surface area contributed by atoms with Crippen molar-refractivity contribution in [2.75, 3.05) is 9.96 Å². The Balaban J connectivity index is 1.52. The van der Waals surface area contributed by atoms with E-state index in [0.29, 0.717) is 5.69 Å². The third-order valence-electron chi connectivity index (χ3n) is 5.47. The minimum atomic E-state index is -0.844. The number of amides is 2. The van der Waals surface area contributed by atoms with Crippen molar-refractivity contribution in [1.29, 1.82) is 0 Å². The second-order valence-electron chi connectivity index (χ2n) is 7.32. The maximum absolute atomic E-state index is 13.4. The van der Waals surface area contributed by atoms with Gasteiger partial charge in [-0.3, -0.25) is 14.4 Å². The topological polar surface area (TPSA) is 49.9 Å². The summed E-state index contributed by atoms with van der Waals surface area (Å²) in [5.74, 6) is -1.18. The molecule has 0 aliphatic carbocycles. The third kappa shape index (κ3) is 3.09. The van der Waals surface area contributed by atoms with Crippen LogP contribution >= 0.6 is 0 Å². The van der Waals surface area contributed by atoms with E-state index in [9.17, 15) is 9.59 Å². The number of carbonyl (C=O) groups is 2. The van der Waals surface area contributed by atoms with Gasteiger partial charge in [-0.2, -0.15) is 0 Å². The van der Waals surface area contributed by atoms with E-state index in [1.54, 1.807) is 17.2 Å². The maximum Gasteiger partial charge on any atom is 0.266 e. The van der Waals surface area contributed by atoms with Gasteiger partial charge in [0, 0.05) is 0 Å². The highest BCUT2D eigenvalue weighted by Crippen LogP contribution is 2.40. The monoisotopic (exact) mass is 396 g/mol. The predicted octanol–water partition coefficient (Wildman–Crippen LogP) is 4.08. The normalized spacial score (nSPS) is 23.4. The van der Waals surface area contributed by atoms with Gasteiger partial charge in [0.25, 0.3) is 5.91 Å². The summed E-state index contributed by atoms with van der Waals surface area (Å²) in [5.41, 5.74) is 2.40. The van der Waals surface area contributed by atoms with Crippen molar-refractivity contribution in [3.05, 3.63) is 103 Å². The third-order valence-corrected chi connectivity index (χ3v) is 5.47. The largest absolute Gasteiger partial charge is 0.273 e. The predicted molar refractivity (Wildman–Crippen MR) is 115 cm³/mol. The average molecular weight is 396 g/mol. The summed E-state index contributed by atoms with van der Waals surface area (Å²) in [6.07, 6.45) is 3.07. The molecule has 0 saturated carbocycles. The van der Waals surface area contributed by atoms with Crippen LogP contribution in [-0.4, -0.2) is 24.0 Å². The Morgan fingerprint density at radius 2 is 1.27 bits per heavy atom. The van der Waals surface area contributed by atoms with Crippen molar-refractivity contribution in [3.8, 4) is 0 Å². The van der Waals surface area contributed by atoms with E-state index in [-0.39, 0.29) is 11.8 Å². The van der Waals surface area contributed by atoms with E-state index in [4.69, 9.17) is 4.84 Å². The molecule has 3 aromatic rings. The van der Waals surface area contributed by atoms with Gasteiger partial charge in [0.2, 0.25) is 5.91 Å². The van der Waals surface area contributed by atoms with Gasteiger partial charge < -0.3 is 0 Å². The highest BCUT2D eigenvalue weighted by Gasteiger charge is 2.59. The number of imide groups is 1. The molecule has 5 heteroatoms. The van der Waals surface area contributed by atoms with Crippen molar-refractivity contribution in [2.24, 2.45) is 5.92 Å². The minimum absolute atomic E-state index is 0.239. The minimum Gasteiger partial charge on any atom is -0.273 e. The summed E-state index contributed by atoms with van der Waals surface area (Å²) in [4.78, 5) is 33.8. The smallest absolute Gasteiger partial charge is 0.266 e. The Morgan fingerprint density at radius 3 is 1.90 bits per heavy atom. The molecule has 2 amide bonds. The van der Waals surface area contributed by atoms with E-state index in [1.165, 1.54) is 4.90 Å². The zero-order valence-corrected chi connectivity index (χ0v) is 16.2. The molecule has 0 unspecified atom stereocenters. The zero-order valence-electron chi connectivity index (χ0n) is 16.2. The Bertz CT molecular complexity index is 1080. The maximum atomic E-state index is 13.4. The van der Waals surface area contributed by atoms with Crippen LogP contribution in [0.25, 0.3) is 6.08 Å². The van der Waals surface area contributed by atoms with Gasteiger partial charge in [-0.05, 0) is 29.8 Å². The number of benzene rings is 3. The number of anilines is 2. The lowest BCUT2D eigenvalue weighted by Gasteiger charge is -2.26. The van der Waals surface area contributed by atoms with Crippen LogP contribution in [0.3, 0.4) is 0 Å². The van der Waals surface area contributed by atoms with Crippen molar-refractivity contribution >= 4 is 29.3 Å². The van der Waals surface area contributed by atoms with Gasteiger partial charge in [-0.25, -0.2) is 9.96 Å². The molecule has 30 heavy (non-hydrogen) atoms. The number of hydroxylamine groups is 1. The summed E-state index contributed by atoms with van der Waals surface area (Å²) in [7, 11) is 0. The van der Waals surface area contributed by atoms with Crippen LogP contribution in [0, 0.1) is 5.92 Å². The Labute approximate surface area is 174 Å². The van der Waals surface area contributed by atoms with Gasteiger partial charge >= 0.3 is 0 Å². The summed E-state index contributed by atoms with van der Waals surface area (Å²) in [6, 6.07) is 28.0. The molecule has 5 rings (SSSR count). The highest BCUT2D eigenvalue weighted by molar-refractivity contribution is 6.24. The molecule has 5 nitrogen and oxygen atoms in total. The Kier molecular flexibility index (Phi) is 4.65. The van der Waals surface area contributed by atoms with E-state index in [1.807, 2.05) is 91.0 Å². The molecule has 2 aliphatic heterocycles. The van der Waals surface area contributed by atoms with Crippen molar-refractivity contribution in [3.63, 3.8) is 0 Å². The molecule has 2 aliphatic rings. The lowest BCUT2D eigenvalue weighted by molar-refractivity contribution is -0.126. The number of fused-ring (bicyclic) bond motifs is 1. The number of hydrogen-bond acceptors (Lipinski definition) is 4. The van der Waals surface area contributed by atoms with Crippen LogP contribution in [0.2, 0.25) is 0 Å². The molecule has 2 saturated heterocycles. The summed E-state index contributed by atoms with van der Waals surface area (Å²) >= 11 is 0. The summed E-state index contributed by atoms with van der Waals surface area (Å²) in [6.45, 7) is 0. The fourth-order valence-corrected chi connectivity index (χ4v) is 4.05. The molecular weight excluding hydrogens is 376 g/mol. The first-order valence-corrected chi connectivity index (χ1v) is 9.91. The molecule has 0 N–H and O–H groups in total. The molecule has 2 fully saturated rings. The van der Waals surface area contributed by atoms with Crippen LogP contribution in [0.15, 0.2) is 97.1 Å². The summed E-state index contributed by atoms with van der Waals surface area (Å²) in [5, 5.41) is 1.69. The summed E-state index contributed by atoms with van der Waals surface area (Å²) < 4.78 is 0. The van der Waals surface area contributed by atoms with E-state index >= 15 is 0 Å². The molecule has 2 heterocycles. The molecule has 0 aromatic heterocycles. The zero-order chi connectivity index (χ0) is 20.5. The van der Waals surface area contributed by atoms with Crippen molar-refractivity contribution < 1.29 is 14.4 Å². The van der Waals surface area contributed by atoms with Gasteiger partial charge in [0.15, 0.2) is 6.10 Å². The van der Waals surface area contributed by atoms with Crippen LogP contribution in [-0.2, 0) is 14.4 Å². The number of nitrogens with zero attached hydrogens (tertiary/aromatic N) is 2. The molecule has 0 spiro atoms. The van der Waals surface area contributed by atoms with Crippen molar-refractivity contribution in [1.82, 2.24) is 0 Å². The number of rotatable bonds is 4. The Hall–Kier alpha value is -3.70. The quantitative estimate of drug-likeness (QED) is 0.624. The van der Waals surface area contributed by atoms with Crippen LogP contribution in [0.1, 0.15) is 5.56 Å². The molecule has 0 bridgehead atoms. The number of carbonyl (C=O) groups excluding carboxylic acids is 2. The molecule has 3 aromatic carbocycles. The van der Waals surface area contributed by atoms with E-state index < -0.39 is 18.1 Å². The first-order chi connectivity index (χ1) is 14.7. The van der Waals surface area contributed by atoms with Crippen molar-refractivity contribution in [2.45, 2.75) is 12.1 Å². The van der Waals surface area contributed by atoms with Gasteiger partial charge in [-0.15, -0.1) is 0 Å². The van der Waals surface area contributed by atoms with Crippen LogP contribution in [0.4, 0.5) is 11.4 Å². The van der Waals surface area contributed by atoms with E-state index in [2.05, 4.69) is 0 Å². The number of hydrogen-bond donors (Lipinski definition) is 0. The average Bonchev–Trinajstić information content (AvgIpc) is 3.30. The van der Waals surface area contributed by atoms with Gasteiger partial charge in [0.1, 0.15) is 5.92 Å². The van der Waals surface area contributed by atoms with E-state index in [0.717, 1.165) is 11.3 Å². The molecule has 3 atom stereocenters. The Morgan fingerprint density at radius 1 is 0.700 bits per heavy atom. The van der Waals surface area contributed by atoms with Gasteiger partial charge in [-0.1, -0.05) is 78.9 Å². The molecule has 148 valence electrons. The first-order valence-electron chi connectivity index (χ1n) is 9.91. The second kappa shape index (κ2) is 7.61. The van der Waals surface area contributed by atoms with Crippen LogP contribution < -0.4 is 9.96 Å². The fraction of sp³-hybridized carbons (Fsp3) is 0.120. The van der Waals surface area contributed by atoms with Gasteiger partial charge in [0.05, 0.1) is 17.4 Å². The molecule has 0 radical (unpaired) electrons. The lowest BCUT2D eigenvalue weighted by Crippen LogP contribution is -2.39. The second-order valence-corrected chi connectivity index (χ2v) is 7.32. The SMILES string of the molecule is O=C1[C@@H]2[C@@H](ON(c3ccccc3)[C@H]2/C=C/c2ccccc2)C(=O)N1c1ccccc1. The molecular formula is C25H20N2O3.